The van der Waals surface area contributed by atoms with Crippen LogP contribution in [0, 0.1) is 0 Å². The summed E-state index contributed by atoms with van der Waals surface area (Å²) < 4.78 is 6.90. The average Bonchev–Trinajstić information content (AvgIpc) is 3.26. The third-order valence-corrected chi connectivity index (χ3v) is 4.36. The number of alkyl carbamates (subject to hydrolysis) is 1. The Hall–Kier alpha value is -2.91. The highest BCUT2D eigenvalue weighted by Gasteiger charge is 2.30. The SMILES string of the molecule is Cn1nncc1C(=O)Nc1cc([C@H]2CC[C@@H](OC(=O)NC(C)(C)C)C2)[nH]n1. The lowest BCUT2D eigenvalue weighted by molar-refractivity contribution is 0.0935. The number of nitrogens with one attached hydrogen (secondary N) is 3. The molecule has 2 aromatic rings. The van der Waals surface area contributed by atoms with E-state index in [1.807, 2.05) is 26.8 Å². The number of aromatic amines is 1. The lowest BCUT2D eigenvalue weighted by Gasteiger charge is -2.22. The maximum absolute atomic E-state index is 12.2. The summed E-state index contributed by atoms with van der Waals surface area (Å²) in [6.07, 6.45) is 3.27. The zero-order valence-corrected chi connectivity index (χ0v) is 15.9. The summed E-state index contributed by atoms with van der Waals surface area (Å²) in [5.74, 6) is 0.312. The van der Waals surface area contributed by atoms with Gasteiger partial charge in [0.15, 0.2) is 5.82 Å². The topological polar surface area (TPSA) is 127 Å². The molecule has 3 rings (SSSR count). The zero-order chi connectivity index (χ0) is 19.6. The molecule has 2 heterocycles. The lowest BCUT2D eigenvalue weighted by atomic mass is 10.0. The molecular formula is C17H25N7O3. The van der Waals surface area contributed by atoms with Gasteiger partial charge in [-0.15, -0.1) is 5.10 Å². The number of amides is 2. The van der Waals surface area contributed by atoms with Crippen molar-refractivity contribution in [2.24, 2.45) is 7.05 Å². The molecule has 2 atom stereocenters. The number of nitrogens with zero attached hydrogens (tertiary/aromatic N) is 4. The predicted octanol–water partition coefficient (Wildman–Crippen LogP) is 1.95. The molecule has 0 bridgehead atoms. The van der Waals surface area contributed by atoms with Gasteiger partial charge >= 0.3 is 6.09 Å². The molecule has 1 fully saturated rings. The Morgan fingerprint density at radius 1 is 1.33 bits per heavy atom. The van der Waals surface area contributed by atoms with E-state index in [0.717, 1.165) is 25.0 Å². The first-order valence-corrected chi connectivity index (χ1v) is 8.91. The number of rotatable bonds is 4. The first kappa shape index (κ1) is 18.9. The lowest BCUT2D eigenvalue weighted by Crippen LogP contribution is -2.42. The molecule has 0 unspecified atom stereocenters. The highest BCUT2D eigenvalue weighted by Crippen LogP contribution is 2.35. The van der Waals surface area contributed by atoms with Crippen molar-refractivity contribution in [1.29, 1.82) is 0 Å². The van der Waals surface area contributed by atoms with Crippen molar-refractivity contribution >= 4 is 17.8 Å². The number of hydrogen-bond donors (Lipinski definition) is 3. The van der Waals surface area contributed by atoms with Crippen LogP contribution in [0.1, 0.15) is 62.1 Å². The molecule has 0 aromatic carbocycles. The van der Waals surface area contributed by atoms with Gasteiger partial charge in [-0.05, 0) is 40.0 Å². The van der Waals surface area contributed by atoms with Gasteiger partial charge in [-0.3, -0.25) is 9.89 Å². The number of carbonyl (C=O) groups is 2. The van der Waals surface area contributed by atoms with E-state index in [1.54, 1.807) is 7.05 Å². The monoisotopic (exact) mass is 375 g/mol. The van der Waals surface area contributed by atoms with Crippen molar-refractivity contribution in [3.8, 4) is 0 Å². The van der Waals surface area contributed by atoms with Gasteiger partial charge in [0, 0.05) is 30.3 Å². The molecule has 10 nitrogen and oxygen atoms in total. The average molecular weight is 375 g/mol. The van der Waals surface area contributed by atoms with Crippen LogP contribution in [-0.4, -0.2) is 48.8 Å². The fraction of sp³-hybridized carbons (Fsp3) is 0.588. The van der Waals surface area contributed by atoms with Crippen molar-refractivity contribution < 1.29 is 14.3 Å². The van der Waals surface area contributed by atoms with Gasteiger partial charge in [0.05, 0.1) is 6.20 Å². The maximum Gasteiger partial charge on any atom is 0.407 e. The Labute approximate surface area is 157 Å². The minimum atomic E-state index is -0.393. The van der Waals surface area contributed by atoms with Gasteiger partial charge in [0.2, 0.25) is 0 Å². The summed E-state index contributed by atoms with van der Waals surface area (Å²) in [6, 6.07) is 1.81. The molecule has 0 radical (unpaired) electrons. The Bertz CT molecular complexity index is 821. The van der Waals surface area contributed by atoms with Crippen LogP contribution >= 0.6 is 0 Å². The molecule has 3 N–H and O–H groups in total. The Morgan fingerprint density at radius 3 is 2.78 bits per heavy atom. The van der Waals surface area contributed by atoms with Gasteiger partial charge in [-0.25, -0.2) is 9.48 Å². The second kappa shape index (κ2) is 7.37. The van der Waals surface area contributed by atoms with Crippen LogP contribution in [0.4, 0.5) is 10.6 Å². The molecule has 2 amide bonds. The first-order chi connectivity index (χ1) is 12.7. The Balaban J connectivity index is 1.54. The van der Waals surface area contributed by atoms with Crippen LogP contribution in [-0.2, 0) is 11.8 Å². The van der Waals surface area contributed by atoms with Crippen molar-refractivity contribution in [3.05, 3.63) is 23.7 Å². The smallest absolute Gasteiger partial charge is 0.407 e. The Morgan fingerprint density at radius 2 is 2.11 bits per heavy atom. The number of ether oxygens (including phenoxy) is 1. The van der Waals surface area contributed by atoms with E-state index in [2.05, 4.69) is 31.1 Å². The Kier molecular flexibility index (Phi) is 5.15. The summed E-state index contributed by atoms with van der Waals surface area (Å²) in [5.41, 5.74) is 0.934. The van der Waals surface area contributed by atoms with E-state index in [9.17, 15) is 9.59 Å². The van der Waals surface area contributed by atoms with E-state index in [-0.39, 0.29) is 23.5 Å². The summed E-state index contributed by atoms with van der Waals surface area (Å²) in [6.45, 7) is 5.73. The zero-order valence-electron chi connectivity index (χ0n) is 15.9. The fourth-order valence-electron chi connectivity index (χ4n) is 3.10. The van der Waals surface area contributed by atoms with Crippen molar-refractivity contribution in [2.75, 3.05) is 5.32 Å². The van der Waals surface area contributed by atoms with Gasteiger partial charge < -0.3 is 15.4 Å². The summed E-state index contributed by atoms with van der Waals surface area (Å²) in [5, 5.41) is 20.1. The summed E-state index contributed by atoms with van der Waals surface area (Å²) >= 11 is 0. The van der Waals surface area contributed by atoms with Crippen molar-refractivity contribution in [2.45, 2.75) is 57.6 Å². The van der Waals surface area contributed by atoms with Crippen LogP contribution in [0.2, 0.25) is 0 Å². The number of carbonyl (C=O) groups excluding carboxylic acids is 2. The van der Waals surface area contributed by atoms with E-state index in [4.69, 9.17) is 4.74 Å². The van der Waals surface area contributed by atoms with Gasteiger partial charge in [-0.2, -0.15) is 5.10 Å². The van der Waals surface area contributed by atoms with Gasteiger partial charge in [0.1, 0.15) is 11.8 Å². The van der Waals surface area contributed by atoms with Crippen LogP contribution in [0.3, 0.4) is 0 Å². The van der Waals surface area contributed by atoms with E-state index in [0.29, 0.717) is 11.5 Å². The van der Waals surface area contributed by atoms with E-state index in [1.165, 1.54) is 10.9 Å². The van der Waals surface area contributed by atoms with Crippen LogP contribution < -0.4 is 10.6 Å². The summed E-state index contributed by atoms with van der Waals surface area (Å²) in [7, 11) is 1.65. The third-order valence-electron chi connectivity index (χ3n) is 4.36. The van der Waals surface area contributed by atoms with Crippen molar-refractivity contribution in [3.63, 3.8) is 0 Å². The standard InChI is InChI=1S/C17H25N7O3/c1-17(2,3)20-16(26)27-11-6-5-10(7-11)12-8-14(22-21-12)19-15(25)13-9-18-23-24(13)4/h8-11H,5-7H2,1-4H3,(H,20,26)(H2,19,21,22,25)/t10-,11+/m0/s1. The van der Waals surface area contributed by atoms with Crippen LogP contribution in [0.5, 0.6) is 0 Å². The molecule has 1 aliphatic carbocycles. The normalized spacial score (nSPS) is 19.7. The quantitative estimate of drug-likeness (QED) is 0.750. The molecule has 1 aliphatic rings. The number of anilines is 1. The second-order valence-corrected chi connectivity index (χ2v) is 7.82. The molecule has 10 heteroatoms. The number of hydrogen-bond acceptors (Lipinski definition) is 6. The van der Waals surface area contributed by atoms with Gasteiger partial charge in [-0.1, -0.05) is 5.21 Å². The predicted molar refractivity (Wildman–Crippen MR) is 97.3 cm³/mol. The van der Waals surface area contributed by atoms with Crippen LogP contribution in [0.25, 0.3) is 0 Å². The molecule has 27 heavy (non-hydrogen) atoms. The maximum atomic E-state index is 12.2. The fourth-order valence-corrected chi connectivity index (χ4v) is 3.10. The molecule has 0 spiro atoms. The van der Waals surface area contributed by atoms with Crippen LogP contribution in [0.15, 0.2) is 12.3 Å². The molecular weight excluding hydrogens is 350 g/mol. The molecule has 0 saturated heterocycles. The minimum absolute atomic E-state index is 0.126. The van der Waals surface area contributed by atoms with E-state index < -0.39 is 6.09 Å². The third kappa shape index (κ3) is 4.83. The molecule has 1 saturated carbocycles. The minimum Gasteiger partial charge on any atom is -0.446 e. The number of aryl methyl sites for hydroxylation is 1. The molecule has 2 aromatic heterocycles. The largest absolute Gasteiger partial charge is 0.446 e. The number of H-pyrrole nitrogens is 1. The number of aromatic nitrogens is 5. The molecule has 0 aliphatic heterocycles. The first-order valence-electron chi connectivity index (χ1n) is 8.91. The summed E-state index contributed by atoms with van der Waals surface area (Å²) in [4.78, 5) is 24.1. The van der Waals surface area contributed by atoms with E-state index >= 15 is 0 Å². The van der Waals surface area contributed by atoms with Crippen molar-refractivity contribution in [1.82, 2.24) is 30.5 Å². The van der Waals surface area contributed by atoms with Gasteiger partial charge in [0.25, 0.3) is 5.91 Å². The molecule has 146 valence electrons. The highest BCUT2D eigenvalue weighted by molar-refractivity contribution is 6.02. The highest BCUT2D eigenvalue weighted by atomic mass is 16.6. The second-order valence-electron chi connectivity index (χ2n) is 7.82.